The minimum Gasteiger partial charge on any atom is -0.378 e. The first kappa shape index (κ1) is 19.9. The van der Waals surface area contributed by atoms with Crippen molar-refractivity contribution in [3.8, 4) is 0 Å². The van der Waals surface area contributed by atoms with E-state index >= 15 is 0 Å². The third kappa shape index (κ3) is 4.92. The summed E-state index contributed by atoms with van der Waals surface area (Å²) in [6, 6.07) is 16.0. The second kappa shape index (κ2) is 8.93. The van der Waals surface area contributed by atoms with Gasteiger partial charge in [0.2, 0.25) is 5.91 Å². The van der Waals surface area contributed by atoms with Crippen LogP contribution in [0.3, 0.4) is 0 Å². The lowest BCUT2D eigenvalue weighted by Gasteiger charge is -2.13. The quantitative estimate of drug-likeness (QED) is 0.588. The molecule has 2 aromatic carbocycles. The van der Waals surface area contributed by atoms with Gasteiger partial charge in [-0.05, 0) is 44.5 Å². The van der Waals surface area contributed by atoms with E-state index in [9.17, 15) is 4.79 Å². The van der Waals surface area contributed by atoms with Crippen LogP contribution in [0.5, 0.6) is 0 Å². The first-order valence-corrected chi connectivity index (χ1v) is 10.0. The van der Waals surface area contributed by atoms with Gasteiger partial charge in [0.1, 0.15) is 0 Å². The predicted octanol–water partition coefficient (Wildman–Crippen LogP) is 4.16. The molecule has 0 unspecified atom stereocenters. The van der Waals surface area contributed by atoms with Crippen molar-refractivity contribution in [3.05, 3.63) is 65.5 Å². The molecule has 0 aliphatic carbocycles. The fraction of sp³-hybridized carbons (Fsp3) is 0.286. The standard InChI is InChI=1S/C21H25N5OS/c1-14-9-11-17(12-10-14)22-13-19-24-25-21(26(19)4)28-16(3)20(27)23-18-8-6-5-7-15(18)2/h5-12,16,22H,13H2,1-4H3,(H,23,27)/t16-/m0/s1. The normalized spacial score (nSPS) is 11.9. The van der Waals surface area contributed by atoms with Gasteiger partial charge in [0.05, 0.1) is 11.8 Å². The van der Waals surface area contributed by atoms with Crippen LogP contribution < -0.4 is 10.6 Å². The van der Waals surface area contributed by atoms with Gasteiger partial charge in [-0.1, -0.05) is 47.7 Å². The highest BCUT2D eigenvalue weighted by molar-refractivity contribution is 8.00. The molecular weight excluding hydrogens is 370 g/mol. The summed E-state index contributed by atoms with van der Waals surface area (Å²) in [5, 5.41) is 15.2. The molecule has 7 heteroatoms. The van der Waals surface area contributed by atoms with Crippen LogP contribution >= 0.6 is 11.8 Å². The number of aryl methyl sites for hydroxylation is 2. The molecular formula is C21H25N5OS. The van der Waals surface area contributed by atoms with Crippen molar-refractivity contribution in [3.63, 3.8) is 0 Å². The zero-order valence-corrected chi connectivity index (χ0v) is 17.4. The number of carbonyl (C=O) groups is 1. The van der Waals surface area contributed by atoms with Crippen molar-refractivity contribution in [1.82, 2.24) is 14.8 Å². The van der Waals surface area contributed by atoms with E-state index in [1.165, 1.54) is 17.3 Å². The highest BCUT2D eigenvalue weighted by Gasteiger charge is 2.19. The zero-order valence-electron chi connectivity index (χ0n) is 16.6. The molecule has 2 N–H and O–H groups in total. The molecule has 0 saturated heterocycles. The van der Waals surface area contributed by atoms with Crippen molar-refractivity contribution in [1.29, 1.82) is 0 Å². The summed E-state index contributed by atoms with van der Waals surface area (Å²) in [4.78, 5) is 12.5. The lowest BCUT2D eigenvalue weighted by atomic mass is 10.2. The summed E-state index contributed by atoms with van der Waals surface area (Å²) in [5.74, 6) is 0.760. The van der Waals surface area contributed by atoms with Crippen molar-refractivity contribution in [2.45, 2.75) is 37.7 Å². The van der Waals surface area contributed by atoms with Crippen molar-refractivity contribution < 1.29 is 4.79 Å². The number of para-hydroxylation sites is 1. The van der Waals surface area contributed by atoms with Crippen LogP contribution in [0.15, 0.2) is 53.7 Å². The predicted molar refractivity (Wildman–Crippen MR) is 115 cm³/mol. The van der Waals surface area contributed by atoms with Crippen LogP contribution in [0.4, 0.5) is 11.4 Å². The lowest BCUT2D eigenvalue weighted by Crippen LogP contribution is -2.23. The Labute approximate surface area is 169 Å². The molecule has 0 saturated carbocycles. The molecule has 0 radical (unpaired) electrons. The van der Waals surface area contributed by atoms with Crippen LogP contribution in [0.1, 0.15) is 23.9 Å². The highest BCUT2D eigenvalue weighted by atomic mass is 32.2. The van der Waals surface area contributed by atoms with Gasteiger partial charge < -0.3 is 15.2 Å². The molecule has 3 aromatic rings. The first-order chi connectivity index (χ1) is 13.4. The molecule has 1 heterocycles. The van der Waals surface area contributed by atoms with Crippen LogP contribution in [-0.2, 0) is 18.4 Å². The summed E-state index contributed by atoms with van der Waals surface area (Å²) in [5.41, 5.74) is 4.13. The Balaban J connectivity index is 1.59. The molecule has 6 nitrogen and oxygen atoms in total. The Morgan fingerprint density at radius 2 is 1.82 bits per heavy atom. The number of benzene rings is 2. The maximum absolute atomic E-state index is 12.5. The third-order valence-corrected chi connectivity index (χ3v) is 5.62. The van der Waals surface area contributed by atoms with Gasteiger partial charge in [0.25, 0.3) is 0 Å². The Bertz CT molecular complexity index is 952. The van der Waals surface area contributed by atoms with Crippen LogP contribution in [0, 0.1) is 13.8 Å². The zero-order chi connectivity index (χ0) is 20.1. The van der Waals surface area contributed by atoms with Gasteiger partial charge in [-0.2, -0.15) is 0 Å². The molecule has 0 fully saturated rings. The third-order valence-electron chi connectivity index (χ3n) is 4.48. The van der Waals surface area contributed by atoms with Gasteiger partial charge in [-0.15, -0.1) is 10.2 Å². The molecule has 3 rings (SSSR count). The van der Waals surface area contributed by atoms with Gasteiger partial charge in [-0.3, -0.25) is 4.79 Å². The molecule has 28 heavy (non-hydrogen) atoms. The Hall–Kier alpha value is -2.80. The van der Waals surface area contributed by atoms with E-state index in [0.29, 0.717) is 11.7 Å². The second-order valence-corrected chi connectivity index (χ2v) is 8.05. The van der Waals surface area contributed by atoms with E-state index in [1.54, 1.807) is 0 Å². The molecule has 1 amide bonds. The number of carbonyl (C=O) groups excluding carboxylic acids is 1. The summed E-state index contributed by atoms with van der Waals surface area (Å²) in [6.07, 6.45) is 0. The number of rotatable bonds is 7. The fourth-order valence-corrected chi connectivity index (χ4v) is 3.45. The van der Waals surface area contributed by atoms with Crippen molar-refractivity contribution in [2.24, 2.45) is 7.05 Å². The molecule has 0 bridgehead atoms. The second-order valence-electron chi connectivity index (χ2n) is 6.74. The number of hydrogen-bond donors (Lipinski definition) is 2. The number of hydrogen-bond acceptors (Lipinski definition) is 5. The Kier molecular flexibility index (Phi) is 6.36. The minimum atomic E-state index is -0.291. The van der Waals surface area contributed by atoms with Crippen LogP contribution in [-0.4, -0.2) is 25.9 Å². The summed E-state index contributed by atoms with van der Waals surface area (Å²) < 4.78 is 1.92. The van der Waals surface area contributed by atoms with Crippen LogP contribution in [0.25, 0.3) is 0 Å². The first-order valence-electron chi connectivity index (χ1n) is 9.16. The van der Waals surface area contributed by atoms with Gasteiger partial charge >= 0.3 is 0 Å². The topological polar surface area (TPSA) is 71.8 Å². The smallest absolute Gasteiger partial charge is 0.237 e. The maximum Gasteiger partial charge on any atom is 0.237 e. The summed E-state index contributed by atoms with van der Waals surface area (Å²) >= 11 is 1.40. The maximum atomic E-state index is 12.5. The largest absolute Gasteiger partial charge is 0.378 e. The van der Waals surface area contributed by atoms with Gasteiger partial charge in [0, 0.05) is 18.4 Å². The van der Waals surface area contributed by atoms with Crippen molar-refractivity contribution >= 4 is 29.0 Å². The number of amides is 1. The van der Waals surface area contributed by atoms with E-state index in [2.05, 4.69) is 39.9 Å². The Morgan fingerprint density at radius 3 is 2.54 bits per heavy atom. The van der Waals surface area contributed by atoms with E-state index in [4.69, 9.17) is 0 Å². The SMILES string of the molecule is Cc1ccc(NCc2nnc(S[C@@H](C)C(=O)Nc3ccccc3C)n2C)cc1. The highest BCUT2D eigenvalue weighted by Crippen LogP contribution is 2.23. The molecule has 0 aliphatic heterocycles. The summed E-state index contributed by atoms with van der Waals surface area (Å²) in [6.45, 7) is 6.48. The summed E-state index contributed by atoms with van der Waals surface area (Å²) in [7, 11) is 1.92. The average Bonchev–Trinajstić information content (AvgIpc) is 3.03. The number of aromatic nitrogens is 3. The number of nitrogens with one attached hydrogen (secondary N) is 2. The van der Waals surface area contributed by atoms with E-state index in [1.807, 2.05) is 61.9 Å². The van der Waals surface area contributed by atoms with Crippen molar-refractivity contribution in [2.75, 3.05) is 10.6 Å². The lowest BCUT2D eigenvalue weighted by molar-refractivity contribution is -0.115. The Morgan fingerprint density at radius 1 is 1.11 bits per heavy atom. The number of anilines is 2. The molecule has 0 spiro atoms. The van der Waals surface area contributed by atoms with Gasteiger partial charge in [0.15, 0.2) is 11.0 Å². The van der Waals surface area contributed by atoms with Crippen LogP contribution in [0.2, 0.25) is 0 Å². The molecule has 1 atom stereocenters. The molecule has 0 aliphatic rings. The monoisotopic (exact) mass is 395 g/mol. The van der Waals surface area contributed by atoms with Gasteiger partial charge in [-0.25, -0.2) is 0 Å². The van der Waals surface area contributed by atoms with E-state index in [-0.39, 0.29) is 11.2 Å². The average molecular weight is 396 g/mol. The molecule has 1 aromatic heterocycles. The van der Waals surface area contributed by atoms with E-state index in [0.717, 1.165) is 22.8 Å². The molecule has 146 valence electrons. The fourth-order valence-electron chi connectivity index (χ4n) is 2.61. The number of nitrogens with zero attached hydrogens (tertiary/aromatic N) is 3. The number of thioether (sulfide) groups is 1. The minimum absolute atomic E-state index is 0.0540. The van der Waals surface area contributed by atoms with E-state index < -0.39 is 0 Å².